The Balaban J connectivity index is 2.61. The molecule has 0 saturated heterocycles. The predicted molar refractivity (Wildman–Crippen MR) is 75.8 cm³/mol. The molecular weight excluding hydrogens is 230 g/mol. The van der Waals surface area contributed by atoms with Gasteiger partial charge in [0.05, 0.1) is 10.7 Å². The van der Waals surface area contributed by atoms with Crippen LogP contribution in [0.2, 0.25) is 0 Å². The number of aryl methyl sites for hydroxylation is 1. The molecule has 17 heavy (non-hydrogen) atoms. The van der Waals surface area contributed by atoms with E-state index in [2.05, 4.69) is 42.9 Å². The highest BCUT2D eigenvalue weighted by Gasteiger charge is 2.13. The number of nitrogens with zero attached hydrogens (tertiary/aromatic N) is 2. The van der Waals surface area contributed by atoms with Crippen LogP contribution < -0.4 is 5.32 Å². The fraction of sp³-hybridized carbons (Fsp3) is 0.769. The van der Waals surface area contributed by atoms with Gasteiger partial charge in [-0.3, -0.25) is 0 Å². The van der Waals surface area contributed by atoms with Crippen LogP contribution in [0, 0.1) is 6.92 Å². The molecule has 0 amide bonds. The van der Waals surface area contributed by atoms with E-state index < -0.39 is 0 Å². The van der Waals surface area contributed by atoms with Crippen LogP contribution in [0.15, 0.2) is 0 Å². The van der Waals surface area contributed by atoms with E-state index in [1.54, 1.807) is 0 Å². The number of rotatable bonds is 7. The maximum absolute atomic E-state index is 4.67. The quantitative estimate of drug-likeness (QED) is 0.812. The molecule has 0 fully saturated rings. The molecule has 1 atom stereocenters. The Morgan fingerprint density at radius 3 is 2.53 bits per heavy atom. The molecule has 1 rings (SSSR count). The number of aromatic nitrogens is 1. The van der Waals surface area contributed by atoms with Gasteiger partial charge in [0.25, 0.3) is 0 Å². The van der Waals surface area contributed by atoms with E-state index in [1.165, 1.54) is 15.6 Å². The summed E-state index contributed by atoms with van der Waals surface area (Å²) in [4.78, 5) is 8.49. The summed E-state index contributed by atoms with van der Waals surface area (Å²) in [7, 11) is 2.00. The van der Waals surface area contributed by atoms with Crippen molar-refractivity contribution >= 4 is 11.3 Å². The lowest BCUT2D eigenvalue weighted by molar-refractivity contribution is 0.308. The Labute approximate surface area is 109 Å². The minimum Gasteiger partial charge on any atom is -0.312 e. The monoisotopic (exact) mass is 255 g/mol. The average Bonchev–Trinajstić information content (AvgIpc) is 2.71. The van der Waals surface area contributed by atoms with Crippen molar-refractivity contribution < 1.29 is 0 Å². The van der Waals surface area contributed by atoms with Gasteiger partial charge in [-0.2, -0.15) is 0 Å². The lowest BCUT2D eigenvalue weighted by Crippen LogP contribution is -2.25. The molecule has 3 nitrogen and oxygen atoms in total. The van der Waals surface area contributed by atoms with Gasteiger partial charge in [-0.25, -0.2) is 4.98 Å². The molecule has 0 aromatic carbocycles. The van der Waals surface area contributed by atoms with E-state index in [0.717, 1.165) is 26.1 Å². The molecule has 0 radical (unpaired) electrons. The Bertz CT molecular complexity index is 331. The molecule has 0 spiro atoms. The zero-order valence-electron chi connectivity index (χ0n) is 11.7. The molecule has 0 aliphatic heterocycles. The van der Waals surface area contributed by atoms with Gasteiger partial charge in [0.1, 0.15) is 0 Å². The third-order valence-electron chi connectivity index (χ3n) is 3.24. The fourth-order valence-corrected chi connectivity index (χ4v) is 3.02. The largest absolute Gasteiger partial charge is 0.312 e. The zero-order valence-corrected chi connectivity index (χ0v) is 12.5. The van der Waals surface area contributed by atoms with E-state index in [0.29, 0.717) is 6.04 Å². The maximum atomic E-state index is 4.67. The molecule has 1 N–H and O–H groups in total. The van der Waals surface area contributed by atoms with Crippen LogP contribution in [0.25, 0.3) is 0 Å². The van der Waals surface area contributed by atoms with Crippen LogP contribution in [0.3, 0.4) is 0 Å². The van der Waals surface area contributed by atoms with E-state index in [4.69, 9.17) is 0 Å². The van der Waals surface area contributed by atoms with Crippen LogP contribution in [0.4, 0.5) is 0 Å². The highest BCUT2D eigenvalue weighted by atomic mass is 32.1. The highest BCUT2D eigenvalue weighted by Crippen LogP contribution is 2.24. The van der Waals surface area contributed by atoms with Crippen molar-refractivity contribution in [2.24, 2.45) is 0 Å². The van der Waals surface area contributed by atoms with Crippen molar-refractivity contribution in [1.82, 2.24) is 15.2 Å². The van der Waals surface area contributed by atoms with Gasteiger partial charge in [0.2, 0.25) is 0 Å². The van der Waals surface area contributed by atoms with Crippen molar-refractivity contribution in [3.8, 4) is 0 Å². The van der Waals surface area contributed by atoms with Crippen LogP contribution in [0.5, 0.6) is 0 Å². The van der Waals surface area contributed by atoms with Crippen molar-refractivity contribution in [2.45, 2.75) is 40.2 Å². The molecule has 1 aromatic heterocycles. The predicted octanol–water partition coefficient (Wildman–Crippen LogP) is 2.62. The van der Waals surface area contributed by atoms with Gasteiger partial charge in [-0.1, -0.05) is 13.8 Å². The third-order valence-corrected chi connectivity index (χ3v) is 4.64. The zero-order chi connectivity index (χ0) is 12.8. The number of thiazole rings is 1. The van der Waals surface area contributed by atoms with Gasteiger partial charge in [0, 0.05) is 23.9 Å². The van der Waals surface area contributed by atoms with Crippen molar-refractivity contribution in [1.29, 1.82) is 0 Å². The summed E-state index contributed by atoms with van der Waals surface area (Å²) in [6, 6.07) is 0.412. The van der Waals surface area contributed by atoms with Crippen LogP contribution in [-0.2, 0) is 6.42 Å². The molecule has 0 saturated carbocycles. The lowest BCUT2D eigenvalue weighted by atomic mass is 10.2. The number of hydrogen-bond donors (Lipinski definition) is 1. The molecule has 0 bridgehead atoms. The fourth-order valence-electron chi connectivity index (χ4n) is 1.90. The SMILES string of the molecule is CCN(CC)CCc1nc(C)c(C(C)NC)s1. The molecule has 0 aliphatic carbocycles. The molecule has 1 aromatic rings. The Morgan fingerprint density at radius 1 is 1.35 bits per heavy atom. The highest BCUT2D eigenvalue weighted by molar-refractivity contribution is 7.11. The van der Waals surface area contributed by atoms with Gasteiger partial charge >= 0.3 is 0 Å². The van der Waals surface area contributed by atoms with Gasteiger partial charge in [0.15, 0.2) is 0 Å². The first-order valence-corrected chi connectivity index (χ1v) is 7.29. The van der Waals surface area contributed by atoms with Crippen molar-refractivity contribution in [2.75, 3.05) is 26.7 Å². The first-order chi connectivity index (χ1) is 8.12. The molecule has 98 valence electrons. The topological polar surface area (TPSA) is 28.2 Å². The second-order valence-electron chi connectivity index (χ2n) is 4.34. The molecule has 4 heteroatoms. The molecular formula is C13H25N3S. The molecule has 0 aliphatic rings. The summed E-state index contributed by atoms with van der Waals surface area (Å²) in [5, 5.41) is 4.55. The van der Waals surface area contributed by atoms with E-state index in [9.17, 15) is 0 Å². The second-order valence-corrected chi connectivity index (χ2v) is 5.46. The number of hydrogen-bond acceptors (Lipinski definition) is 4. The van der Waals surface area contributed by atoms with Crippen molar-refractivity contribution in [3.05, 3.63) is 15.6 Å². The van der Waals surface area contributed by atoms with Crippen LogP contribution in [0.1, 0.15) is 42.4 Å². The van der Waals surface area contributed by atoms with Crippen LogP contribution in [-0.4, -0.2) is 36.6 Å². The summed E-state index contributed by atoms with van der Waals surface area (Å²) >= 11 is 1.85. The summed E-state index contributed by atoms with van der Waals surface area (Å²) in [5.74, 6) is 0. The minimum atomic E-state index is 0.412. The summed E-state index contributed by atoms with van der Waals surface area (Å²) in [6.07, 6.45) is 1.07. The van der Waals surface area contributed by atoms with Gasteiger partial charge in [-0.05, 0) is 34.0 Å². The first kappa shape index (κ1) is 14.6. The summed E-state index contributed by atoms with van der Waals surface area (Å²) in [6.45, 7) is 12.1. The van der Waals surface area contributed by atoms with E-state index in [1.807, 2.05) is 18.4 Å². The first-order valence-electron chi connectivity index (χ1n) is 6.48. The lowest BCUT2D eigenvalue weighted by Gasteiger charge is -2.16. The third kappa shape index (κ3) is 4.05. The molecule has 1 unspecified atom stereocenters. The van der Waals surface area contributed by atoms with Gasteiger partial charge in [-0.15, -0.1) is 11.3 Å². The summed E-state index contributed by atoms with van der Waals surface area (Å²) in [5.41, 5.74) is 1.19. The van der Waals surface area contributed by atoms with Crippen molar-refractivity contribution in [3.63, 3.8) is 0 Å². The smallest absolute Gasteiger partial charge is 0.0944 e. The Morgan fingerprint density at radius 2 is 2.00 bits per heavy atom. The minimum absolute atomic E-state index is 0.412. The number of likely N-dealkylation sites (N-methyl/N-ethyl adjacent to an activating group) is 1. The molecule has 1 heterocycles. The second kappa shape index (κ2) is 7.09. The maximum Gasteiger partial charge on any atom is 0.0944 e. The Hall–Kier alpha value is -0.450. The average molecular weight is 255 g/mol. The van der Waals surface area contributed by atoms with Gasteiger partial charge < -0.3 is 10.2 Å². The van der Waals surface area contributed by atoms with Crippen LogP contribution >= 0.6 is 11.3 Å². The summed E-state index contributed by atoms with van der Waals surface area (Å²) < 4.78 is 0. The van der Waals surface area contributed by atoms with E-state index >= 15 is 0 Å². The number of nitrogens with one attached hydrogen (secondary N) is 1. The standard InChI is InChI=1S/C13H25N3S/c1-6-16(7-2)9-8-12-15-11(4)13(17-12)10(3)14-5/h10,14H,6-9H2,1-5H3. The Kier molecular flexibility index (Phi) is 6.09. The normalized spacial score (nSPS) is 13.3. The van der Waals surface area contributed by atoms with E-state index in [-0.39, 0.29) is 0 Å².